The molecule has 0 saturated heterocycles. The molecule has 12 aromatic rings. The molecule has 624 valence electrons. The second-order valence-corrected chi connectivity index (χ2v) is 28.5. The van der Waals surface area contributed by atoms with Gasteiger partial charge in [0.2, 0.25) is 29.7 Å². The molecule has 12 heterocycles. The van der Waals surface area contributed by atoms with Crippen LogP contribution in [0, 0.1) is 27.7 Å². The number of aromatic carboxylic acids is 2. The van der Waals surface area contributed by atoms with Crippen molar-refractivity contribution in [2.24, 2.45) is 5.73 Å². The topological polar surface area (TPSA) is 486 Å². The van der Waals surface area contributed by atoms with Crippen molar-refractivity contribution in [3.63, 3.8) is 0 Å². The van der Waals surface area contributed by atoms with Crippen LogP contribution in [0.3, 0.4) is 0 Å². The number of aryl methyl sites for hydroxylation is 8. The molecule has 0 fully saturated rings. The summed E-state index contributed by atoms with van der Waals surface area (Å²) in [5.74, 6) is -1.58. The van der Waals surface area contributed by atoms with Gasteiger partial charge < -0.3 is 66.7 Å². The molecule has 0 radical (unpaired) electrons. The number of carboxylic acid groups (broad SMARTS) is 2. The van der Waals surface area contributed by atoms with Crippen LogP contribution in [0.5, 0.6) is 0 Å². The van der Waals surface area contributed by atoms with Gasteiger partial charge in [-0.1, -0.05) is 31.7 Å². The largest absolute Gasteiger partial charge is 1.00 e. The zero-order valence-electron chi connectivity index (χ0n) is 68.3. The number of hydrogen-bond donors (Lipinski definition) is 11. The van der Waals surface area contributed by atoms with E-state index in [1.807, 2.05) is 103 Å². The minimum absolute atomic E-state index is 0. The molecule has 4 aromatic carbocycles. The minimum atomic E-state index is -1.03. The number of aromatic nitrogens is 16. The zero-order chi connectivity index (χ0) is 84.1. The van der Waals surface area contributed by atoms with Gasteiger partial charge in [0.15, 0.2) is 11.6 Å². The monoisotopic (exact) mass is 1650 g/mol. The van der Waals surface area contributed by atoms with Crippen molar-refractivity contribution in [1.29, 1.82) is 0 Å². The molecule has 0 unspecified atom stereocenters. The second kappa shape index (κ2) is 38.4. The van der Waals surface area contributed by atoms with Crippen molar-refractivity contribution in [2.75, 3.05) is 69.1 Å². The molecule has 0 aliphatic carbocycles. The summed E-state index contributed by atoms with van der Waals surface area (Å²) in [7, 11) is 0. The van der Waals surface area contributed by atoms with Gasteiger partial charge in [-0.3, -0.25) is 63.4 Å². The van der Waals surface area contributed by atoms with Crippen molar-refractivity contribution in [3.8, 4) is 0 Å². The number of rotatable bonds is 23. The predicted octanol–water partition coefficient (Wildman–Crippen LogP) is 9.80. The molecule has 37 heteroatoms. The Balaban J connectivity index is 0.000000175. The number of anilines is 8. The van der Waals surface area contributed by atoms with Crippen LogP contribution < -0.4 is 78.2 Å². The number of nitrogen functional groups attached to an aromatic ring is 1. The van der Waals surface area contributed by atoms with Crippen molar-refractivity contribution >= 4 is 138 Å². The van der Waals surface area contributed by atoms with E-state index in [0.717, 1.165) is 86.8 Å². The molecule has 4 atom stereocenters. The molecule has 0 spiro atoms. The Hall–Kier alpha value is -13.3. The normalized spacial score (nSPS) is 14.7. The number of hydrogen-bond acceptors (Lipinski definition) is 22. The molecular formula is C83H100N25NaO11. The number of carbonyl (C=O) groups is 8. The summed E-state index contributed by atoms with van der Waals surface area (Å²) in [6.45, 7) is 38.3. The van der Waals surface area contributed by atoms with E-state index in [4.69, 9.17) is 16.6 Å². The Morgan fingerprint density at radius 1 is 0.425 bits per heavy atom. The number of imidazole rings is 4. The number of carboxylic acids is 2. The average molecular weight is 1650 g/mol. The van der Waals surface area contributed by atoms with E-state index in [1.54, 1.807) is 82.5 Å². The zero-order valence-corrected chi connectivity index (χ0v) is 70.3. The van der Waals surface area contributed by atoms with Crippen molar-refractivity contribution in [3.05, 3.63) is 191 Å². The number of carbonyl (C=O) groups excluding carboxylic acids is 6. The molecule has 16 rings (SSSR count). The number of nitrogens with one attached hydrogen (secondary N) is 7. The molecule has 4 aliphatic rings. The van der Waals surface area contributed by atoms with Gasteiger partial charge in [-0.2, -0.15) is 20.4 Å². The van der Waals surface area contributed by atoms with Crippen LogP contribution in [0.25, 0.3) is 44.1 Å². The van der Waals surface area contributed by atoms with Gasteiger partial charge in [0.25, 0.3) is 17.7 Å². The Bertz CT molecular complexity index is 5570. The first kappa shape index (κ1) is 90.6. The SMILES string of the molecule is C.C=CC[C@H]1CNc2cc(C(=O)O)cc3nc(NC(=O)c4cc(C)nn4CC)n1c23.C=CC[C@H]1CNc2cc(C(C)=O)cc3nc(N)n1c23.C=CC[C@H]1CNc2cc(C(C)=O)cc3nc(NC(=O)c4cc(C)nn4CC)n1c23.C=CC[C@H]1CNc2cc(C(N)=O)cc3nc(NC(=O)c4cc(C)nn4CC)n1c23.CCn1nc(C)cc1C(=O)O.[Na+].[OH-]. The summed E-state index contributed by atoms with van der Waals surface area (Å²) in [5, 5.41) is 57.2. The molecule has 8 aromatic heterocycles. The van der Waals surface area contributed by atoms with Crippen LogP contribution in [-0.2, 0) is 26.2 Å². The van der Waals surface area contributed by atoms with Gasteiger partial charge >= 0.3 is 41.5 Å². The van der Waals surface area contributed by atoms with E-state index in [-0.39, 0.29) is 107 Å². The van der Waals surface area contributed by atoms with Crippen molar-refractivity contribution < 1.29 is 83.6 Å². The number of primary amides is 1. The third-order valence-corrected chi connectivity index (χ3v) is 20.2. The van der Waals surface area contributed by atoms with Crippen molar-refractivity contribution in [1.82, 2.24) is 77.3 Å². The predicted molar refractivity (Wildman–Crippen MR) is 458 cm³/mol. The van der Waals surface area contributed by atoms with Crippen LogP contribution >= 0.6 is 0 Å². The Morgan fingerprint density at radius 3 is 0.975 bits per heavy atom. The molecule has 4 aliphatic heterocycles. The van der Waals surface area contributed by atoms with Gasteiger partial charge in [-0.05, 0) is 168 Å². The smallest absolute Gasteiger partial charge is 0.870 e. The van der Waals surface area contributed by atoms with E-state index >= 15 is 0 Å². The van der Waals surface area contributed by atoms with E-state index < -0.39 is 17.8 Å². The number of amides is 4. The van der Waals surface area contributed by atoms with Gasteiger partial charge in [0.1, 0.15) is 22.8 Å². The van der Waals surface area contributed by atoms with Gasteiger partial charge in [0.05, 0.1) is 119 Å². The van der Waals surface area contributed by atoms with Crippen LogP contribution in [-0.4, -0.2) is 166 Å². The number of nitrogens with two attached hydrogens (primary N) is 2. The van der Waals surface area contributed by atoms with Crippen LogP contribution in [0.2, 0.25) is 0 Å². The van der Waals surface area contributed by atoms with E-state index in [0.29, 0.717) is 138 Å². The van der Waals surface area contributed by atoms with Crippen LogP contribution in [0.1, 0.15) is 205 Å². The van der Waals surface area contributed by atoms with Gasteiger partial charge in [-0.15, -0.1) is 26.3 Å². The average Bonchev–Trinajstić information content (AvgIpc) is 1.60. The Kier molecular flexibility index (Phi) is 29.0. The van der Waals surface area contributed by atoms with Crippen LogP contribution in [0.4, 0.5) is 46.5 Å². The van der Waals surface area contributed by atoms with Crippen molar-refractivity contribution in [2.45, 2.75) is 153 Å². The first-order chi connectivity index (χ1) is 56.0. The maximum atomic E-state index is 13.0. The molecule has 4 amide bonds. The van der Waals surface area contributed by atoms with E-state index in [9.17, 15) is 43.5 Å². The molecule has 0 bridgehead atoms. The maximum Gasteiger partial charge on any atom is 1.00 e. The van der Waals surface area contributed by atoms with Gasteiger partial charge in [-0.25, -0.2) is 29.5 Å². The molecular weight excluding hydrogens is 1550 g/mol. The number of Topliss-reactive ketones (excluding diaryl/α,β-unsaturated/α-hetero) is 2. The number of allylic oxidation sites excluding steroid dienone is 4. The summed E-state index contributed by atoms with van der Waals surface area (Å²) >= 11 is 0. The fourth-order valence-electron chi connectivity index (χ4n) is 15.0. The van der Waals surface area contributed by atoms with Gasteiger partial charge in [0, 0.05) is 69.0 Å². The minimum Gasteiger partial charge on any atom is -0.870 e. The summed E-state index contributed by atoms with van der Waals surface area (Å²) < 4.78 is 14.4. The fourth-order valence-corrected chi connectivity index (χ4v) is 15.0. The Labute approximate surface area is 713 Å². The fraction of sp³-hybridized carbons (Fsp3) is 0.325. The first-order valence-electron chi connectivity index (χ1n) is 38.3. The Morgan fingerprint density at radius 2 is 0.692 bits per heavy atom. The summed E-state index contributed by atoms with van der Waals surface area (Å²) in [5.41, 5.74) is 27.1. The molecule has 0 saturated carbocycles. The maximum absolute atomic E-state index is 13.0. The third kappa shape index (κ3) is 18.5. The number of benzene rings is 4. The third-order valence-electron chi connectivity index (χ3n) is 20.2. The summed E-state index contributed by atoms with van der Waals surface area (Å²) in [6.07, 6.45) is 10.3. The summed E-state index contributed by atoms with van der Waals surface area (Å²) in [4.78, 5) is 114. The number of ketones is 2. The molecule has 36 nitrogen and oxygen atoms in total. The van der Waals surface area contributed by atoms with Crippen LogP contribution in [0.15, 0.2) is 123 Å². The quantitative estimate of drug-likeness (QED) is 0.0161. The van der Waals surface area contributed by atoms with E-state index in [2.05, 4.69) is 104 Å². The second-order valence-electron chi connectivity index (χ2n) is 28.5. The van der Waals surface area contributed by atoms with E-state index in [1.165, 1.54) is 17.7 Å². The summed E-state index contributed by atoms with van der Waals surface area (Å²) in [6, 6.07) is 20.8. The standard InChI is InChI=1S/C21H24N6O2.C20H23N7O2.C20H22N6O3.C14H16N4O.C7H10N2O2.CH4.Na.H2O/c1-5-7-15-11-22-16-9-14(13(4)28)10-17-19(16)27(15)21(23-17)24-20(29)18-8-12(3)25-26(18)6-2;1-4-6-13-10-22-14-8-12(18(21)28)9-15-17(14)27(13)20(23-15)24-19(29)16-7-11(3)25-26(16)5-2;1-4-6-13-10-21-14-8-12(19(28)29)9-15-17(14)26(13)20(22-15)23-18(27)16-7-11(3)24-25(16)5-2;1-3-4-10-7-16-11-5-9(8(2)19)6-12-13(11)18(10)14(15)17-12;1-3-9-6(7(10)11)4-5(2)8-9;;;/h5,8-10,15,22H,1,6-7,11H2,2-4H3,(H,23,24,29);4,7-9,13,22H,1,5-6,10H2,2-3H3,(H2,21,28)(H,23,24,29);4,7-9,13,21H,1,5-6,10H2,2-3H3,(H,28,29)(H,22,23,27);3,5-6,10,16H,1,4,7H2,2H3,(H2,15,17);4H,3H2,1-2H3,(H,10,11);1H4;;1H2/q;;;;;;+1;/p-1/t15-;2*13-;10-;;;;/m0000..../s1. The first-order valence-corrected chi connectivity index (χ1v) is 38.3. The molecule has 14 N–H and O–H groups in total. The molecule has 120 heavy (non-hydrogen) atoms. The number of nitrogens with zero attached hydrogens (tertiary/aromatic N) is 16.